The molecule has 6 heteroatoms. The van der Waals surface area contributed by atoms with Crippen LogP contribution >= 0.6 is 0 Å². The number of hydrogen-bond acceptors (Lipinski definition) is 3. The van der Waals surface area contributed by atoms with Crippen molar-refractivity contribution in [2.45, 2.75) is 18.9 Å². The van der Waals surface area contributed by atoms with E-state index in [0.717, 1.165) is 16.8 Å². The quantitative estimate of drug-likeness (QED) is 0.939. The van der Waals surface area contributed by atoms with Gasteiger partial charge in [-0.05, 0) is 36.8 Å². The number of carbonyl (C=O) groups excluding carboxylic acids is 1. The van der Waals surface area contributed by atoms with Crippen molar-refractivity contribution < 1.29 is 13.9 Å². The molecule has 1 aliphatic rings. The van der Waals surface area contributed by atoms with Gasteiger partial charge in [0.1, 0.15) is 17.4 Å². The van der Waals surface area contributed by atoms with E-state index in [9.17, 15) is 9.18 Å². The number of anilines is 1. The fourth-order valence-electron chi connectivity index (χ4n) is 2.92. The smallest absolute Gasteiger partial charge is 0.412 e. The highest BCUT2D eigenvalue weighted by molar-refractivity contribution is 5.89. The van der Waals surface area contributed by atoms with E-state index in [2.05, 4.69) is 11.4 Å². The Morgan fingerprint density at radius 2 is 2.17 bits per heavy atom. The molecule has 1 atom stereocenters. The molecule has 0 bridgehead atoms. The number of rotatable bonds is 3. The van der Waals surface area contributed by atoms with Crippen molar-refractivity contribution in [2.75, 3.05) is 12.0 Å². The highest BCUT2D eigenvalue weighted by Gasteiger charge is 2.37. The number of hydrogen-bond donors (Lipinski definition) is 1. The summed E-state index contributed by atoms with van der Waals surface area (Å²) in [6, 6.07) is 11.2. The van der Waals surface area contributed by atoms with Crippen molar-refractivity contribution in [2.24, 2.45) is 7.05 Å². The highest BCUT2D eigenvalue weighted by atomic mass is 19.1. The summed E-state index contributed by atoms with van der Waals surface area (Å²) in [5.74, 6) is 0. The number of nitrogens with zero attached hydrogens (tertiary/aromatic N) is 2. The average molecular weight is 313 g/mol. The third-order valence-corrected chi connectivity index (χ3v) is 4.25. The molecule has 0 saturated heterocycles. The van der Waals surface area contributed by atoms with E-state index in [1.807, 2.05) is 25.2 Å². The van der Waals surface area contributed by atoms with Gasteiger partial charge >= 0.3 is 6.09 Å². The van der Waals surface area contributed by atoms with E-state index < -0.39 is 18.4 Å². The number of fused-ring (bicyclic) bond motifs is 1. The van der Waals surface area contributed by atoms with Crippen LogP contribution in [0, 0.1) is 11.3 Å². The molecule has 0 saturated carbocycles. The first-order valence-electron chi connectivity index (χ1n) is 7.25. The summed E-state index contributed by atoms with van der Waals surface area (Å²) in [5.41, 5.74) is 2.63. The lowest BCUT2D eigenvalue weighted by molar-refractivity contribution is 0.0151. The van der Waals surface area contributed by atoms with Gasteiger partial charge in [0.25, 0.3) is 0 Å². The number of cyclic esters (lactones) is 1. The molecule has 5 nitrogen and oxygen atoms in total. The first kappa shape index (κ1) is 15.1. The lowest BCUT2D eigenvalue weighted by Gasteiger charge is -2.35. The van der Waals surface area contributed by atoms with E-state index >= 15 is 0 Å². The summed E-state index contributed by atoms with van der Waals surface area (Å²) in [6.45, 7) is 1.12. The Morgan fingerprint density at radius 3 is 2.83 bits per heavy atom. The van der Waals surface area contributed by atoms with Gasteiger partial charge in [-0.2, -0.15) is 5.26 Å². The molecule has 1 aliphatic heterocycles. The first-order chi connectivity index (χ1) is 11.0. The standard InChI is InChI=1S/C17H16FN3O2/c1-17(7-8-18)13-9-11(3-5-14(13)20-16(22)23-17)15-6-4-12(10-19)21(15)2/h3-6,9H,7-8H2,1-2H3,(H,20,22). The van der Waals surface area contributed by atoms with E-state index in [1.165, 1.54) is 0 Å². The van der Waals surface area contributed by atoms with Crippen LogP contribution < -0.4 is 5.32 Å². The summed E-state index contributed by atoms with van der Waals surface area (Å²) in [4.78, 5) is 11.7. The zero-order valence-electron chi connectivity index (χ0n) is 12.9. The highest BCUT2D eigenvalue weighted by Crippen LogP contribution is 2.40. The molecule has 0 spiro atoms. The van der Waals surface area contributed by atoms with Crippen molar-refractivity contribution in [1.29, 1.82) is 5.26 Å². The zero-order valence-corrected chi connectivity index (χ0v) is 12.9. The topological polar surface area (TPSA) is 67.0 Å². The number of amides is 1. The molecule has 3 rings (SSSR count). The van der Waals surface area contributed by atoms with Gasteiger partial charge in [0.15, 0.2) is 0 Å². The fourth-order valence-corrected chi connectivity index (χ4v) is 2.92. The number of nitrogens with one attached hydrogen (secondary N) is 1. The van der Waals surface area contributed by atoms with Gasteiger partial charge in [-0.25, -0.2) is 4.79 Å². The number of alkyl halides is 1. The minimum absolute atomic E-state index is 0.0907. The molecule has 0 aliphatic carbocycles. The third kappa shape index (κ3) is 2.44. The van der Waals surface area contributed by atoms with E-state index in [4.69, 9.17) is 10.00 Å². The van der Waals surface area contributed by atoms with E-state index in [1.54, 1.807) is 23.6 Å². The predicted octanol–water partition coefficient (Wildman–Crippen LogP) is 3.70. The Kier molecular flexibility index (Phi) is 3.57. The number of carbonyl (C=O) groups is 1. The second-order valence-corrected chi connectivity index (χ2v) is 5.72. The maximum absolute atomic E-state index is 12.9. The minimum atomic E-state index is -1.01. The number of aromatic nitrogens is 1. The van der Waals surface area contributed by atoms with Crippen molar-refractivity contribution in [3.05, 3.63) is 41.6 Å². The van der Waals surface area contributed by atoms with Gasteiger partial charge in [-0.15, -0.1) is 0 Å². The van der Waals surface area contributed by atoms with Crippen LogP contribution in [0.3, 0.4) is 0 Å². The zero-order chi connectivity index (χ0) is 16.6. The maximum atomic E-state index is 12.9. The van der Waals surface area contributed by atoms with Crippen LogP contribution in [0.25, 0.3) is 11.3 Å². The van der Waals surface area contributed by atoms with Crippen LogP contribution in [-0.4, -0.2) is 17.3 Å². The van der Waals surface area contributed by atoms with Crippen LogP contribution in [-0.2, 0) is 17.4 Å². The van der Waals surface area contributed by atoms with Crippen LogP contribution in [0.2, 0.25) is 0 Å². The molecule has 1 aromatic heterocycles. The van der Waals surface area contributed by atoms with Crippen molar-refractivity contribution in [1.82, 2.24) is 4.57 Å². The fraction of sp³-hybridized carbons (Fsp3) is 0.294. The van der Waals surface area contributed by atoms with Crippen LogP contribution in [0.1, 0.15) is 24.6 Å². The Labute approximate surface area is 133 Å². The predicted molar refractivity (Wildman–Crippen MR) is 83.6 cm³/mol. The molecule has 1 N–H and O–H groups in total. The largest absolute Gasteiger partial charge is 0.438 e. The Bertz CT molecular complexity index is 822. The molecule has 2 heterocycles. The SMILES string of the molecule is Cn1c(C#N)ccc1-c1ccc2c(c1)C(C)(CCF)OC(=O)N2. The van der Waals surface area contributed by atoms with Crippen molar-refractivity contribution >= 4 is 11.8 Å². The summed E-state index contributed by atoms with van der Waals surface area (Å²) in [5, 5.41) is 11.7. The minimum Gasteiger partial charge on any atom is -0.438 e. The van der Waals surface area contributed by atoms with Crippen LogP contribution in [0.5, 0.6) is 0 Å². The third-order valence-electron chi connectivity index (χ3n) is 4.25. The number of nitriles is 1. The lowest BCUT2D eigenvalue weighted by atomic mass is 9.88. The van der Waals surface area contributed by atoms with Crippen LogP contribution in [0.4, 0.5) is 14.9 Å². The second-order valence-electron chi connectivity index (χ2n) is 5.72. The molecule has 2 aromatic rings. The first-order valence-corrected chi connectivity index (χ1v) is 7.25. The van der Waals surface area contributed by atoms with Gasteiger partial charge in [0.2, 0.25) is 0 Å². The molecular weight excluding hydrogens is 297 g/mol. The normalized spacial score (nSPS) is 19.5. The van der Waals surface area contributed by atoms with Crippen LogP contribution in [0.15, 0.2) is 30.3 Å². The number of ether oxygens (including phenoxy) is 1. The summed E-state index contributed by atoms with van der Waals surface area (Å²) in [6.07, 6.45) is -0.486. The van der Waals surface area contributed by atoms with Crippen molar-refractivity contribution in [3.63, 3.8) is 0 Å². The molecule has 118 valence electrons. The second kappa shape index (κ2) is 5.43. The summed E-state index contributed by atoms with van der Waals surface area (Å²) in [7, 11) is 1.81. The van der Waals surface area contributed by atoms with Gasteiger partial charge in [0, 0.05) is 24.7 Å². The van der Waals surface area contributed by atoms with Crippen molar-refractivity contribution in [3.8, 4) is 17.3 Å². The summed E-state index contributed by atoms with van der Waals surface area (Å²) < 4.78 is 20.1. The Morgan fingerprint density at radius 1 is 1.39 bits per heavy atom. The van der Waals surface area contributed by atoms with Gasteiger partial charge in [-0.1, -0.05) is 6.07 Å². The van der Waals surface area contributed by atoms with E-state index in [-0.39, 0.29) is 6.42 Å². The molecular formula is C17H16FN3O2. The number of benzene rings is 1. The number of halogens is 1. The Balaban J connectivity index is 2.12. The molecule has 1 unspecified atom stereocenters. The van der Waals surface area contributed by atoms with Gasteiger partial charge in [-0.3, -0.25) is 9.71 Å². The Hall–Kier alpha value is -2.81. The van der Waals surface area contributed by atoms with Gasteiger partial charge < -0.3 is 9.30 Å². The van der Waals surface area contributed by atoms with Gasteiger partial charge in [0.05, 0.1) is 12.4 Å². The summed E-state index contributed by atoms with van der Waals surface area (Å²) >= 11 is 0. The lowest BCUT2D eigenvalue weighted by Crippen LogP contribution is -2.37. The molecule has 0 fully saturated rings. The average Bonchev–Trinajstić information content (AvgIpc) is 2.88. The van der Waals surface area contributed by atoms with E-state index in [0.29, 0.717) is 11.4 Å². The monoisotopic (exact) mass is 313 g/mol. The molecule has 1 amide bonds. The molecule has 23 heavy (non-hydrogen) atoms. The molecule has 1 aromatic carbocycles. The molecule has 0 radical (unpaired) electrons. The maximum Gasteiger partial charge on any atom is 0.412 e.